The number of aliphatic carboxylic acids is 1. The fourth-order valence-electron chi connectivity index (χ4n) is 2.31. The van der Waals surface area contributed by atoms with Gasteiger partial charge in [-0.05, 0) is 25.7 Å². The van der Waals surface area contributed by atoms with E-state index in [1.165, 1.54) is 19.4 Å². The maximum atomic E-state index is 10.6. The highest BCUT2D eigenvalue weighted by molar-refractivity contribution is 5.69. The Morgan fingerprint density at radius 2 is 2.13 bits per heavy atom. The molecule has 4 nitrogen and oxygen atoms in total. The van der Waals surface area contributed by atoms with Gasteiger partial charge in [-0.1, -0.05) is 0 Å². The first kappa shape index (κ1) is 10.9. The number of piperazine rings is 1. The number of carbonyl (C=O) groups is 1. The number of carboxylic acids is 1. The lowest BCUT2D eigenvalue weighted by Crippen LogP contribution is -2.53. The Hall–Kier alpha value is -0.610. The van der Waals surface area contributed by atoms with Crippen LogP contribution in [0.4, 0.5) is 0 Å². The molecule has 2 aliphatic rings. The Labute approximate surface area is 90.9 Å². The van der Waals surface area contributed by atoms with Gasteiger partial charge in [0.25, 0.3) is 0 Å². The van der Waals surface area contributed by atoms with Crippen LogP contribution in [-0.4, -0.2) is 59.6 Å². The van der Waals surface area contributed by atoms with Crippen LogP contribution in [-0.2, 0) is 4.79 Å². The van der Waals surface area contributed by atoms with Gasteiger partial charge in [0, 0.05) is 32.2 Å². The first-order valence-electron chi connectivity index (χ1n) is 5.83. The van der Waals surface area contributed by atoms with Gasteiger partial charge in [-0.3, -0.25) is 9.69 Å². The van der Waals surface area contributed by atoms with Crippen molar-refractivity contribution < 1.29 is 9.90 Å². The summed E-state index contributed by atoms with van der Waals surface area (Å²) < 4.78 is 0. The molecular weight excluding hydrogens is 192 g/mol. The molecule has 86 valence electrons. The van der Waals surface area contributed by atoms with Crippen LogP contribution in [0.5, 0.6) is 0 Å². The third-order valence-corrected chi connectivity index (χ3v) is 3.40. The minimum absolute atomic E-state index is 0.193. The van der Waals surface area contributed by atoms with E-state index in [-0.39, 0.29) is 6.54 Å². The van der Waals surface area contributed by atoms with Gasteiger partial charge in [-0.15, -0.1) is 0 Å². The van der Waals surface area contributed by atoms with Crippen molar-refractivity contribution in [3.8, 4) is 0 Å². The zero-order valence-corrected chi connectivity index (χ0v) is 9.35. The number of rotatable bonds is 4. The molecule has 0 unspecified atom stereocenters. The van der Waals surface area contributed by atoms with E-state index in [2.05, 4.69) is 16.7 Å². The van der Waals surface area contributed by atoms with Gasteiger partial charge in [-0.25, -0.2) is 0 Å². The van der Waals surface area contributed by atoms with Crippen molar-refractivity contribution in [3.63, 3.8) is 0 Å². The molecule has 4 heteroatoms. The average molecular weight is 212 g/mol. The second-order valence-electron chi connectivity index (χ2n) is 4.92. The van der Waals surface area contributed by atoms with Crippen LogP contribution in [0, 0.1) is 5.92 Å². The molecule has 0 spiro atoms. The Morgan fingerprint density at radius 3 is 2.67 bits per heavy atom. The summed E-state index contributed by atoms with van der Waals surface area (Å²) in [6.07, 6.45) is 2.79. The van der Waals surface area contributed by atoms with Gasteiger partial charge >= 0.3 is 5.97 Å². The van der Waals surface area contributed by atoms with E-state index in [0.29, 0.717) is 6.04 Å². The Balaban J connectivity index is 1.76. The van der Waals surface area contributed by atoms with E-state index >= 15 is 0 Å². The first-order valence-corrected chi connectivity index (χ1v) is 5.83. The highest BCUT2D eigenvalue weighted by Gasteiger charge is 2.29. The highest BCUT2D eigenvalue weighted by atomic mass is 16.4. The van der Waals surface area contributed by atoms with Crippen molar-refractivity contribution in [3.05, 3.63) is 0 Å². The number of hydrogen-bond donors (Lipinski definition) is 1. The topological polar surface area (TPSA) is 43.8 Å². The lowest BCUT2D eigenvalue weighted by atomic mass is 10.2. The van der Waals surface area contributed by atoms with Crippen LogP contribution in [0.15, 0.2) is 0 Å². The maximum Gasteiger partial charge on any atom is 0.317 e. The predicted octanol–water partition coefficient (Wildman–Crippen LogP) is 0.487. The third-order valence-electron chi connectivity index (χ3n) is 3.40. The molecule has 1 aliphatic carbocycles. The zero-order chi connectivity index (χ0) is 10.8. The smallest absolute Gasteiger partial charge is 0.317 e. The van der Waals surface area contributed by atoms with E-state index in [1.54, 1.807) is 0 Å². The summed E-state index contributed by atoms with van der Waals surface area (Å²) in [5, 5.41) is 8.75. The highest BCUT2D eigenvalue weighted by Crippen LogP contribution is 2.30. The second kappa shape index (κ2) is 4.49. The summed E-state index contributed by atoms with van der Waals surface area (Å²) in [6, 6.07) is 0.383. The lowest BCUT2D eigenvalue weighted by molar-refractivity contribution is -0.139. The number of carboxylic acid groups (broad SMARTS) is 1. The van der Waals surface area contributed by atoms with Crippen molar-refractivity contribution in [2.24, 2.45) is 5.92 Å². The van der Waals surface area contributed by atoms with E-state index in [1.807, 2.05) is 0 Å². The fraction of sp³-hybridized carbons (Fsp3) is 0.909. The quantitative estimate of drug-likeness (QED) is 0.736. The van der Waals surface area contributed by atoms with Crippen LogP contribution in [0.1, 0.15) is 19.8 Å². The normalized spacial score (nSPS) is 29.3. The van der Waals surface area contributed by atoms with Gasteiger partial charge < -0.3 is 10.0 Å². The summed E-state index contributed by atoms with van der Waals surface area (Å²) >= 11 is 0. The molecule has 0 aromatic carbocycles. The molecule has 1 aliphatic heterocycles. The molecule has 2 fully saturated rings. The van der Waals surface area contributed by atoms with Gasteiger partial charge in [0.15, 0.2) is 0 Å². The van der Waals surface area contributed by atoms with Gasteiger partial charge in [0.1, 0.15) is 0 Å². The van der Waals surface area contributed by atoms with Crippen molar-refractivity contribution in [2.45, 2.75) is 25.8 Å². The van der Waals surface area contributed by atoms with Crippen LogP contribution in [0.3, 0.4) is 0 Å². The minimum atomic E-state index is -0.711. The average Bonchev–Trinajstić information content (AvgIpc) is 2.93. The van der Waals surface area contributed by atoms with Crippen molar-refractivity contribution in [2.75, 3.05) is 32.7 Å². The molecule has 15 heavy (non-hydrogen) atoms. The van der Waals surface area contributed by atoms with Crippen molar-refractivity contribution >= 4 is 5.97 Å². The second-order valence-corrected chi connectivity index (χ2v) is 4.92. The molecule has 0 amide bonds. The van der Waals surface area contributed by atoms with E-state index in [0.717, 1.165) is 25.6 Å². The summed E-state index contributed by atoms with van der Waals surface area (Å²) in [6.45, 7) is 6.52. The molecule has 1 N–H and O–H groups in total. The largest absolute Gasteiger partial charge is 0.480 e. The van der Waals surface area contributed by atoms with Crippen LogP contribution < -0.4 is 0 Å². The first-order chi connectivity index (χ1) is 7.15. The predicted molar refractivity (Wildman–Crippen MR) is 57.8 cm³/mol. The van der Waals surface area contributed by atoms with E-state index in [9.17, 15) is 4.79 Å². The zero-order valence-electron chi connectivity index (χ0n) is 9.35. The maximum absolute atomic E-state index is 10.6. The molecule has 1 heterocycles. The van der Waals surface area contributed by atoms with Crippen LogP contribution in [0.2, 0.25) is 0 Å². The SMILES string of the molecule is C[C@@H]1CN(CC2CC2)CCN1CC(=O)O. The summed E-state index contributed by atoms with van der Waals surface area (Å²) in [5.74, 6) is 0.223. The van der Waals surface area contributed by atoms with Crippen LogP contribution in [0.25, 0.3) is 0 Å². The molecular formula is C11H20N2O2. The standard InChI is InChI=1S/C11H20N2O2/c1-9-6-12(7-10-2-3-10)4-5-13(9)8-11(14)15/h9-10H,2-8H2,1H3,(H,14,15)/t9-/m1/s1. The van der Waals surface area contributed by atoms with E-state index in [4.69, 9.17) is 5.11 Å². The summed E-state index contributed by atoms with van der Waals surface area (Å²) in [5.41, 5.74) is 0. The molecule has 1 saturated heterocycles. The van der Waals surface area contributed by atoms with Gasteiger partial charge in [0.2, 0.25) is 0 Å². The summed E-state index contributed by atoms with van der Waals surface area (Å²) in [7, 11) is 0. The van der Waals surface area contributed by atoms with Crippen molar-refractivity contribution in [1.82, 2.24) is 9.80 Å². The van der Waals surface area contributed by atoms with E-state index < -0.39 is 5.97 Å². The van der Waals surface area contributed by atoms with Crippen LogP contribution >= 0.6 is 0 Å². The minimum Gasteiger partial charge on any atom is -0.480 e. The molecule has 0 radical (unpaired) electrons. The Kier molecular flexibility index (Phi) is 3.26. The van der Waals surface area contributed by atoms with Crippen molar-refractivity contribution in [1.29, 1.82) is 0 Å². The van der Waals surface area contributed by atoms with Gasteiger partial charge in [-0.2, -0.15) is 0 Å². The molecule has 2 rings (SSSR count). The third kappa shape index (κ3) is 3.18. The Bertz CT molecular complexity index is 241. The molecule has 0 aromatic rings. The lowest BCUT2D eigenvalue weighted by Gasteiger charge is -2.39. The Morgan fingerprint density at radius 1 is 1.40 bits per heavy atom. The number of hydrogen-bond acceptors (Lipinski definition) is 3. The fourth-order valence-corrected chi connectivity index (χ4v) is 2.31. The summed E-state index contributed by atoms with van der Waals surface area (Å²) in [4.78, 5) is 15.2. The monoisotopic (exact) mass is 212 g/mol. The molecule has 1 atom stereocenters. The molecule has 0 bridgehead atoms. The molecule has 1 saturated carbocycles. The van der Waals surface area contributed by atoms with Gasteiger partial charge in [0.05, 0.1) is 6.54 Å². The number of nitrogens with zero attached hydrogens (tertiary/aromatic N) is 2. The molecule has 0 aromatic heterocycles.